The maximum atomic E-state index is 8.88. The van der Waals surface area contributed by atoms with Gasteiger partial charge in [-0.2, -0.15) is 0 Å². The summed E-state index contributed by atoms with van der Waals surface area (Å²) in [5, 5.41) is 0. The van der Waals surface area contributed by atoms with Gasteiger partial charge in [-0.1, -0.05) is 0 Å². The van der Waals surface area contributed by atoms with E-state index in [1.165, 1.54) is 0 Å². The van der Waals surface area contributed by atoms with Crippen LogP contribution in [0.15, 0.2) is 0 Å². The fourth-order valence-corrected chi connectivity index (χ4v) is 0. The average Bonchev–Trinajstić information content (AvgIpc) is 0.722. The summed E-state index contributed by atoms with van der Waals surface area (Å²) < 4.78 is 8.88. The Morgan fingerprint density at radius 3 is 1.25 bits per heavy atom. The molecule has 0 saturated heterocycles. The summed E-state index contributed by atoms with van der Waals surface area (Å²) >= 11 is 0. The molecular weight excluding hydrogens is 218 g/mol. The molecule has 8 heavy (non-hydrogen) atoms. The zero-order chi connectivity index (χ0) is 4.50. The minimum atomic E-state index is -4.64. The summed E-state index contributed by atoms with van der Waals surface area (Å²) in [7, 11) is -4.64. The molecule has 0 aromatic heterocycles. The van der Waals surface area contributed by atoms with Crippen LogP contribution in [0.4, 0.5) is 0 Å². The van der Waals surface area contributed by atoms with E-state index in [1.54, 1.807) is 0 Å². The third-order valence-corrected chi connectivity index (χ3v) is 0. The quantitative estimate of drug-likeness (QED) is 0.329. The van der Waals surface area contributed by atoms with Crippen LogP contribution in [0.3, 0.4) is 0 Å². The first-order valence-corrected chi connectivity index (χ1v) is 2.35. The molecule has 0 atom stereocenters. The van der Waals surface area contributed by atoms with E-state index >= 15 is 0 Å². The molecule has 0 aliphatic rings. The van der Waals surface area contributed by atoms with Crippen molar-refractivity contribution in [1.29, 1.82) is 0 Å². The molecule has 1 radical (unpaired) electrons. The van der Waals surface area contributed by atoms with Crippen LogP contribution in [0.25, 0.3) is 0 Å². The van der Waals surface area contributed by atoms with Crippen LogP contribution in [-0.2, 0) is 21.6 Å². The van der Waals surface area contributed by atoms with Gasteiger partial charge in [0.1, 0.15) is 17.4 Å². The Kier molecular flexibility index (Phi) is 26.4. The smallest absolute Gasteiger partial charge is 1.00 e. The van der Waals surface area contributed by atoms with Gasteiger partial charge in [-0.05, 0) is 0 Å². The zero-order valence-corrected chi connectivity index (χ0v) is 10.5. The summed E-state index contributed by atoms with van der Waals surface area (Å²) in [6, 6.07) is 0. The van der Waals surface area contributed by atoms with Gasteiger partial charge in [-0.3, -0.25) is 0 Å². The number of hydrogen-bond donors (Lipinski definition) is 3. The predicted octanol–water partition coefficient (Wildman–Crippen LogP) is -2.00. The van der Waals surface area contributed by atoms with Gasteiger partial charge in [-0.15, -0.1) is 0 Å². The van der Waals surface area contributed by atoms with Crippen LogP contribution in [-0.4, -0.2) is 69.8 Å². The second kappa shape index (κ2) is 9.42. The van der Waals surface area contributed by atoms with E-state index in [2.05, 4.69) is 0 Å². The van der Waals surface area contributed by atoms with Gasteiger partial charge in [0.2, 0.25) is 0 Å². The molecule has 0 heterocycles. The van der Waals surface area contributed by atoms with Crippen LogP contribution in [0.5, 0.6) is 0 Å². The molecule has 0 amide bonds. The minimum absolute atomic E-state index is 0. The van der Waals surface area contributed by atoms with Gasteiger partial charge < -0.3 is 17.5 Å². The SMILES string of the molecule is O=P(O)(O)O.[AlH2].[Ca+2].[Fe].[H-].[H-]. The molecule has 0 rings (SSSR count). The van der Waals surface area contributed by atoms with Crippen molar-refractivity contribution < 1.29 is 39.2 Å². The summed E-state index contributed by atoms with van der Waals surface area (Å²) in [4.78, 5) is 21.6. The topological polar surface area (TPSA) is 77.8 Å². The van der Waals surface area contributed by atoms with E-state index in [1.807, 2.05) is 0 Å². The molecule has 49 valence electrons. The Morgan fingerprint density at radius 2 is 1.25 bits per heavy atom. The van der Waals surface area contributed by atoms with Gasteiger partial charge in [0.05, 0.1) is 0 Å². The Hall–Kier alpha value is 2.42. The standard InChI is InChI=1S/Al.Ca.Fe.H3O4P.4H/c;;;1-5(2,3)4;;;;/h;;;(H3,1,2,3,4);;;;/q;+2;;;;;2*-1. The molecule has 0 aromatic rings. The van der Waals surface area contributed by atoms with Crippen molar-refractivity contribution >= 4 is 62.9 Å². The largest absolute Gasteiger partial charge is 2.00 e. The molecular formula is H7AlCaFeO4P. The summed E-state index contributed by atoms with van der Waals surface area (Å²) in [6.45, 7) is 0. The Morgan fingerprint density at radius 1 is 1.25 bits per heavy atom. The maximum absolute atomic E-state index is 8.88. The van der Waals surface area contributed by atoms with E-state index in [0.717, 1.165) is 0 Å². The van der Waals surface area contributed by atoms with Gasteiger partial charge >= 0.3 is 45.6 Å². The fraction of sp³-hybridized carbons (Fsp3) is 0. The fourth-order valence-electron chi connectivity index (χ4n) is 0. The van der Waals surface area contributed by atoms with Crippen molar-refractivity contribution in [2.75, 3.05) is 0 Å². The molecule has 0 unspecified atom stereocenters. The zero-order valence-electron chi connectivity index (χ0n) is 6.26. The van der Waals surface area contributed by atoms with Crippen molar-refractivity contribution in [3.63, 3.8) is 0 Å². The molecule has 0 fully saturated rings. The molecule has 0 aromatic carbocycles. The van der Waals surface area contributed by atoms with Gasteiger partial charge in [0.25, 0.3) is 0 Å². The van der Waals surface area contributed by atoms with Crippen molar-refractivity contribution in [3.8, 4) is 0 Å². The minimum Gasteiger partial charge on any atom is -1.00 e. The normalized spacial score (nSPS) is 7.38. The van der Waals surface area contributed by atoms with Crippen LogP contribution >= 0.6 is 7.82 Å². The summed E-state index contributed by atoms with van der Waals surface area (Å²) in [5.74, 6) is 0. The first kappa shape index (κ1) is 22.4. The van der Waals surface area contributed by atoms with E-state index in [-0.39, 0.29) is 75.0 Å². The van der Waals surface area contributed by atoms with Gasteiger partial charge in [0, 0.05) is 17.1 Å². The summed E-state index contributed by atoms with van der Waals surface area (Å²) in [5.41, 5.74) is 0. The molecule has 0 aliphatic carbocycles. The van der Waals surface area contributed by atoms with Gasteiger partial charge in [0.15, 0.2) is 0 Å². The predicted molar refractivity (Wildman–Crippen MR) is 30.8 cm³/mol. The molecule has 8 heteroatoms. The molecule has 0 aliphatic heterocycles. The van der Waals surface area contributed by atoms with Crippen molar-refractivity contribution in [3.05, 3.63) is 0 Å². The third kappa shape index (κ3) is 79.1. The first-order chi connectivity index (χ1) is 2.00. The Balaban J connectivity index is -0.00000000800. The van der Waals surface area contributed by atoms with Crippen LogP contribution in [0.2, 0.25) is 0 Å². The number of rotatable bonds is 0. The van der Waals surface area contributed by atoms with E-state index in [4.69, 9.17) is 19.2 Å². The van der Waals surface area contributed by atoms with E-state index in [9.17, 15) is 0 Å². The van der Waals surface area contributed by atoms with Gasteiger partial charge in [-0.25, -0.2) is 4.57 Å². The first-order valence-electron chi connectivity index (χ1n) is 0.783. The monoisotopic (exact) mass is 225 g/mol. The number of hydrogen-bond acceptors (Lipinski definition) is 1. The van der Waals surface area contributed by atoms with Crippen LogP contribution < -0.4 is 0 Å². The number of phosphoric acid groups is 1. The van der Waals surface area contributed by atoms with Crippen molar-refractivity contribution in [1.82, 2.24) is 0 Å². The average molecular weight is 225 g/mol. The van der Waals surface area contributed by atoms with Crippen molar-refractivity contribution in [2.45, 2.75) is 0 Å². The molecule has 0 bridgehead atoms. The Labute approximate surface area is 101 Å². The molecule has 0 saturated carbocycles. The second-order valence-corrected chi connectivity index (χ2v) is 1.54. The van der Waals surface area contributed by atoms with Crippen LogP contribution in [0.1, 0.15) is 2.85 Å². The van der Waals surface area contributed by atoms with E-state index < -0.39 is 7.82 Å². The summed E-state index contributed by atoms with van der Waals surface area (Å²) in [6.07, 6.45) is 0. The second-order valence-electron chi connectivity index (χ2n) is 0.513. The molecule has 4 nitrogen and oxygen atoms in total. The van der Waals surface area contributed by atoms with Crippen molar-refractivity contribution in [2.24, 2.45) is 0 Å². The van der Waals surface area contributed by atoms with E-state index in [0.29, 0.717) is 0 Å². The molecule has 3 N–H and O–H groups in total. The van der Waals surface area contributed by atoms with Crippen LogP contribution in [0, 0.1) is 0 Å². The third-order valence-electron chi connectivity index (χ3n) is 0. The maximum Gasteiger partial charge on any atom is 2.00 e. The Bertz CT molecular complexity index is 69.4. The molecule has 0 spiro atoms.